The third-order valence-electron chi connectivity index (χ3n) is 2.33. The van der Waals surface area contributed by atoms with Gasteiger partial charge in [0.2, 0.25) is 0 Å². The molecule has 2 heteroatoms. The first-order valence-electron chi connectivity index (χ1n) is 4.48. The second-order valence-corrected chi connectivity index (χ2v) is 4.17. The van der Waals surface area contributed by atoms with Gasteiger partial charge in [0.15, 0.2) is 0 Å². The van der Waals surface area contributed by atoms with Crippen LogP contribution in [0.25, 0.3) is 11.1 Å². The van der Waals surface area contributed by atoms with E-state index in [0.717, 1.165) is 11.1 Å². The van der Waals surface area contributed by atoms with Crippen LogP contribution >= 0.6 is 11.3 Å². The monoisotopic (exact) mass is 206 g/mol. The molecule has 0 fully saturated rings. The van der Waals surface area contributed by atoms with Gasteiger partial charge in [0.1, 0.15) is 5.82 Å². The summed E-state index contributed by atoms with van der Waals surface area (Å²) in [6.07, 6.45) is 0. The lowest BCUT2D eigenvalue weighted by Gasteiger charge is -2.04. The fraction of sp³-hybridized carbons (Fsp3) is 0.167. The van der Waals surface area contributed by atoms with E-state index in [9.17, 15) is 4.39 Å². The van der Waals surface area contributed by atoms with Crippen LogP contribution in [-0.4, -0.2) is 0 Å². The van der Waals surface area contributed by atoms with Gasteiger partial charge in [-0.3, -0.25) is 0 Å². The lowest BCUT2D eigenvalue weighted by Crippen LogP contribution is -1.84. The summed E-state index contributed by atoms with van der Waals surface area (Å²) in [7, 11) is 0. The molecule has 1 aromatic carbocycles. The van der Waals surface area contributed by atoms with Crippen molar-refractivity contribution < 1.29 is 4.39 Å². The highest BCUT2D eigenvalue weighted by Crippen LogP contribution is 2.29. The molecule has 2 rings (SSSR count). The Morgan fingerprint density at radius 1 is 1.00 bits per heavy atom. The second kappa shape index (κ2) is 3.54. The van der Waals surface area contributed by atoms with Crippen LogP contribution in [0.1, 0.15) is 11.1 Å². The molecule has 14 heavy (non-hydrogen) atoms. The Balaban J connectivity index is 2.58. The van der Waals surface area contributed by atoms with Crippen LogP contribution in [0, 0.1) is 19.7 Å². The molecule has 0 saturated heterocycles. The molecule has 0 unspecified atom stereocenters. The van der Waals surface area contributed by atoms with Gasteiger partial charge >= 0.3 is 0 Å². The van der Waals surface area contributed by atoms with E-state index in [0.29, 0.717) is 0 Å². The largest absolute Gasteiger partial charge is 0.207 e. The summed E-state index contributed by atoms with van der Waals surface area (Å²) >= 11 is 1.68. The summed E-state index contributed by atoms with van der Waals surface area (Å²) in [5, 5.41) is 4.22. The van der Waals surface area contributed by atoms with Crippen molar-refractivity contribution in [2.24, 2.45) is 0 Å². The SMILES string of the molecule is Cc1cc(F)ccc1-c1cscc1C. The molecular weight excluding hydrogens is 195 g/mol. The van der Waals surface area contributed by atoms with E-state index in [2.05, 4.69) is 17.7 Å². The number of halogens is 1. The minimum Gasteiger partial charge on any atom is -0.207 e. The standard InChI is InChI=1S/C12H11FS/c1-8-5-10(13)3-4-11(8)12-7-14-6-9(12)2/h3-7H,1-2H3. The fourth-order valence-electron chi connectivity index (χ4n) is 1.57. The summed E-state index contributed by atoms with van der Waals surface area (Å²) < 4.78 is 12.9. The zero-order valence-corrected chi connectivity index (χ0v) is 8.99. The first-order chi connectivity index (χ1) is 6.68. The van der Waals surface area contributed by atoms with Crippen molar-refractivity contribution in [1.29, 1.82) is 0 Å². The molecule has 0 spiro atoms. The van der Waals surface area contributed by atoms with Crippen molar-refractivity contribution in [3.8, 4) is 11.1 Å². The fourth-order valence-corrected chi connectivity index (χ4v) is 2.41. The van der Waals surface area contributed by atoms with Crippen LogP contribution in [0.15, 0.2) is 29.0 Å². The van der Waals surface area contributed by atoms with Gasteiger partial charge in [-0.1, -0.05) is 6.07 Å². The van der Waals surface area contributed by atoms with Crippen LogP contribution in [0.4, 0.5) is 4.39 Å². The van der Waals surface area contributed by atoms with Crippen molar-refractivity contribution in [2.45, 2.75) is 13.8 Å². The van der Waals surface area contributed by atoms with Crippen molar-refractivity contribution in [3.05, 3.63) is 45.9 Å². The molecule has 1 heterocycles. The summed E-state index contributed by atoms with van der Waals surface area (Å²) in [5.74, 6) is -0.167. The third kappa shape index (κ3) is 1.58. The minimum atomic E-state index is -0.167. The molecule has 0 aliphatic rings. The summed E-state index contributed by atoms with van der Waals surface area (Å²) in [6, 6.07) is 4.94. The van der Waals surface area contributed by atoms with E-state index in [-0.39, 0.29) is 5.82 Å². The number of aryl methyl sites for hydroxylation is 2. The highest BCUT2D eigenvalue weighted by molar-refractivity contribution is 7.08. The van der Waals surface area contributed by atoms with E-state index in [1.54, 1.807) is 17.4 Å². The Hall–Kier alpha value is -1.15. The van der Waals surface area contributed by atoms with Gasteiger partial charge in [-0.05, 0) is 59.0 Å². The minimum absolute atomic E-state index is 0.167. The molecule has 0 atom stereocenters. The predicted molar refractivity (Wildman–Crippen MR) is 59.2 cm³/mol. The van der Waals surface area contributed by atoms with Gasteiger partial charge in [0.05, 0.1) is 0 Å². The maximum Gasteiger partial charge on any atom is 0.123 e. The van der Waals surface area contributed by atoms with Gasteiger partial charge in [-0.15, -0.1) is 0 Å². The zero-order valence-electron chi connectivity index (χ0n) is 8.17. The third-order valence-corrected chi connectivity index (χ3v) is 3.20. The smallest absolute Gasteiger partial charge is 0.123 e. The van der Waals surface area contributed by atoms with Crippen LogP contribution in [0.5, 0.6) is 0 Å². The molecule has 2 aromatic rings. The maximum absolute atomic E-state index is 12.9. The normalized spacial score (nSPS) is 10.5. The first-order valence-corrected chi connectivity index (χ1v) is 5.42. The van der Waals surface area contributed by atoms with E-state index < -0.39 is 0 Å². The first kappa shape index (κ1) is 9.41. The molecule has 72 valence electrons. The van der Waals surface area contributed by atoms with E-state index in [4.69, 9.17) is 0 Å². The molecule has 1 aromatic heterocycles. The summed E-state index contributed by atoms with van der Waals surface area (Å²) in [4.78, 5) is 0. The predicted octanol–water partition coefficient (Wildman–Crippen LogP) is 4.17. The quantitative estimate of drug-likeness (QED) is 0.657. The Bertz CT molecular complexity index is 457. The number of hydrogen-bond acceptors (Lipinski definition) is 1. The Labute approximate surface area is 87.0 Å². The van der Waals surface area contributed by atoms with Crippen LogP contribution < -0.4 is 0 Å². The second-order valence-electron chi connectivity index (χ2n) is 3.43. The Morgan fingerprint density at radius 3 is 2.36 bits per heavy atom. The van der Waals surface area contributed by atoms with Crippen molar-refractivity contribution in [3.63, 3.8) is 0 Å². The molecule has 0 saturated carbocycles. The number of hydrogen-bond donors (Lipinski definition) is 0. The van der Waals surface area contributed by atoms with Gasteiger partial charge in [-0.2, -0.15) is 11.3 Å². The van der Waals surface area contributed by atoms with Gasteiger partial charge in [-0.25, -0.2) is 4.39 Å². The van der Waals surface area contributed by atoms with Crippen LogP contribution in [0.2, 0.25) is 0 Å². The number of rotatable bonds is 1. The summed E-state index contributed by atoms with van der Waals surface area (Å²) in [5.41, 5.74) is 4.59. The van der Waals surface area contributed by atoms with Gasteiger partial charge in [0, 0.05) is 0 Å². The van der Waals surface area contributed by atoms with E-state index in [1.165, 1.54) is 17.2 Å². The zero-order chi connectivity index (χ0) is 10.1. The highest BCUT2D eigenvalue weighted by Gasteiger charge is 2.06. The van der Waals surface area contributed by atoms with Crippen LogP contribution in [0.3, 0.4) is 0 Å². The molecule has 0 aliphatic heterocycles. The molecule has 0 N–H and O–H groups in total. The molecule has 0 radical (unpaired) electrons. The Kier molecular flexibility index (Phi) is 2.38. The molecule has 0 nitrogen and oxygen atoms in total. The molecule has 0 aliphatic carbocycles. The van der Waals surface area contributed by atoms with E-state index in [1.807, 2.05) is 13.0 Å². The van der Waals surface area contributed by atoms with Gasteiger partial charge < -0.3 is 0 Å². The topological polar surface area (TPSA) is 0 Å². The lowest BCUT2D eigenvalue weighted by molar-refractivity contribution is 0.627. The molecule has 0 amide bonds. The van der Waals surface area contributed by atoms with Crippen molar-refractivity contribution in [1.82, 2.24) is 0 Å². The molecular formula is C12H11FS. The number of thiophene rings is 1. The summed E-state index contributed by atoms with van der Waals surface area (Å²) in [6.45, 7) is 4.02. The molecule has 0 bridgehead atoms. The number of benzene rings is 1. The average Bonchev–Trinajstić information content (AvgIpc) is 2.52. The van der Waals surface area contributed by atoms with Crippen molar-refractivity contribution in [2.75, 3.05) is 0 Å². The van der Waals surface area contributed by atoms with Gasteiger partial charge in [0.25, 0.3) is 0 Å². The lowest BCUT2D eigenvalue weighted by atomic mass is 10.0. The van der Waals surface area contributed by atoms with Crippen LogP contribution in [-0.2, 0) is 0 Å². The maximum atomic E-state index is 12.9. The average molecular weight is 206 g/mol. The highest BCUT2D eigenvalue weighted by atomic mass is 32.1. The van der Waals surface area contributed by atoms with Crippen molar-refractivity contribution >= 4 is 11.3 Å². The Morgan fingerprint density at radius 2 is 1.79 bits per heavy atom. The van der Waals surface area contributed by atoms with E-state index >= 15 is 0 Å².